The third kappa shape index (κ3) is 5.80. The van der Waals surface area contributed by atoms with E-state index in [9.17, 15) is 13.2 Å². The summed E-state index contributed by atoms with van der Waals surface area (Å²) in [5, 5.41) is 2.87. The molecule has 3 aromatic carbocycles. The van der Waals surface area contributed by atoms with E-state index >= 15 is 0 Å². The largest absolute Gasteiger partial charge is 0.492 e. The van der Waals surface area contributed by atoms with Crippen molar-refractivity contribution in [3.63, 3.8) is 0 Å². The molecule has 1 aliphatic heterocycles. The average molecular weight is 465 g/mol. The van der Waals surface area contributed by atoms with Crippen molar-refractivity contribution in [3.8, 4) is 16.9 Å². The van der Waals surface area contributed by atoms with Crippen molar-refractivity contribution >= 4 is 15.9 Å². The number of carbonyl (C=O) groups excluding carboxylic acids is 1. The molecule has 3 aromatic rings. The van der Waals surface area contributed by atoms with Crippen LogP contribution in [-0.4, -0.2) is 38.3 Å². The monoisotopic (exact) mass is 464 g/mol. The standard InChI is InChI=1S/C26H28N2O4S/c29-26(16-19-32-25-11-5-4-10-24(25)22-8-2-1-3-9-22)27-20-21-12-14-23(15-13-21)33(30,31)28-17-6-7-18-28/h1-5,8-15H,6-7,16-20H2,(H,27,29). The number of benzene rings is 3. The van der Waals surface area contributed by atoms with Crippen molar-refractivity contribution < 1.29 is 17.9 Å². The number of nitrogens with zero attached hydrogens (tertiary/aromatic N) is 1. The van der Waals surface area contributed by atoms with Crippen LogP contribution in [0.5, 0.6) is 5.75 Å². The molecule has 0 atom stereocenters. The smallest absolute Gasteiger partial charge is 0.243 e. The Kier molecular flexibility index (Phi) is 7.42. The Hall–Kier alpha value is -3.16. The third-order valence-corrected chi connectivity index (χ3v) is 7.59. The lowest BCUT2D eigenvalue weighted by Crippen LogP contribution is -2.28. The molecule has 1 heterocycles. The van der Waals surface area contributed by atoms with Crippen molar-refractivity contribution in [2.24, 2.45) is 0 Å². The first kappa shape index (κ1) is 23.0. The molecule has 1 amide bonds. The zero-order chi connectivity index (χ0) is 23.1. The Morgan fingerprint density at radius 2 is 1.55 bits per heavy atom. The first-order valence-electron chi connectivity index (χ1n) is 11.2. The molecule has 0 bridgehead atoms. The van der Waals surface area contributed by atoms with Crippen LogP contribution in [0.3, 0.4) is 0 Å². The van der Waals surface area contributed by atoms with E-state index in [0.717, 1.165) is 35.3 Å². The number of para-hydroxylation sites is 1. The summed E-state index contributed by atoms with van der Waals surface area (Å²) in [4.78, 5) is 12.6. The maximum absolute atomic E-state index is 12.6. The maximum atomic E-state index is 12.6. The summed E-state index contributed by atoms with van der Waals surface area (Å²) < 4.78 is 32.6. The molecule has 0 radical (unpaired) electrons. The Morgan fingerprint density at radius 1 is 0.879 bits per heavy atom. The van der Waals surface area contributed by atoms with E-state index in [1.54, 1.807) is 24.3 Å². The van der Waals surface area contributed by atoms with Crippen LogP contribution in [0, 0.1) is 0 Å². The fraction of sp³-hybridized carbons (Fsp3) is 0.269. The van der Waals surface area contributed by atoms with Crippen LogP contribution < -0.4 is 10.1 Å². The van der Waals surface area contributed by atoms with Crippen LogP contribution in [0.15, 0.2) is 83.8 Å². The van der Waals surface area contributed by atoms with Gasteiger partial charge < -0.3 is 10.1 Å². The fourth-order valence-electron chi connectivity index (χ4n) is 3.85. The van der Waals surface area contributed by atoms with Gasteiger partial charge in [-0.25, -0.2) is 8.42 Å². The third-order valence-electron chi connectivity index (χ3n) is 5.67. The molecule has 7 heteroatoms. The van der Waals surface area contributed by atoms with E-state index in [1.165, 1.54) is 4.31 Å². The van der Waals surface area contributed by atoms with E-state index in [0.29, 0.717) is 24.5 Å². The van der Waals surface area contributed by atoms with Crippen LogP contribution in [-0.2, 0) is 21.4 Å². The van der Waals surface area contributed by atoms with E-state index in [1.807, 2.05) is 54.6 Å². The van der Waals surface area contributed by atoms with Gasteiger partial charge in [0.15, 0.2) is 0 Å². The minimum atomic E-state index is -3.42. The zero-order valence-corrected chi connectivity index (χ0v) is 19.3. The summed E-state index contributed by atoms with van der Waals surface area (Å²) in [5.41, 5.74) is 2.90. The SMILES string of the molecule is O=C(CCOc1ccccc1-c1ccccc1)NCc1ccc(S(=O)(=O)N2CCCC2)cc1. The second-order valence-electron chi connectivity index (χ2n) is 7.99. The number of ether oxygens (including phenoxy) is 1. The highest BCUT2D eigenvalue weighted by atomic mass is 32.2. The van der Waals surface area contributed by atoms with Crippen LogP contribution in [0.2, 0.25) is 0 Å². The topological polar surface area (TPSA) is 75.7 Å². The van der Waals surface area contributed by atoms with Gasteiger partial charge in [0, 0.05) is 25.2 Å². The minimum absolute atomic E-state index is 0.124. The normalized spacial score (nSPS) is 14.2. The molecule has 1 fully saturated rings. The molecule has 0 spiro atoms. The van der Waals surface area contributed by atoms with Crippen molar-refractivity contribution in [1.82, 2.24) is 9.62 Å². The van der Waals surface area contributed by atoms with Crippen molar-refractivity contribution in [3.05, 3.63) is 84.4 Å². The molecule has 1 N–H and O–H groups in total. The summed E-state index contributed by atoms with van der Waals surface area (Å²) in [7, 11) is -3.42. The Labute approximate surface area is 195 Å². The van der Waals surface area contributed by atoms with Crippen molar-refractivity contribution in [1.29, 1.82) is 0 Å². The number of nitrogens with one attached hydrogen (secondary N) is 1. The fourth-order valence-corrected chi connectivity index (χ4v) is 5.37. The molecular formula is C26H28N2O4S. The number of hydrogen-bond acceptors (Lipinski definition) is 4. The number of carbonyl (C=O) groups is 1. The van der Waals surface area contributed by atoms with E-state index in [-0.39, 0.29) is 18.9 Å². The van der Waals surface area contributed by atoms with Gasteiger partial charge in [-0.15, -0.1) is 0 Å². The first-order chi connectivity index (χ1) is 16.0. The predicted molar refractivity (Wildman–Crippen MR) is 128 cm³/mol. The molecule has 1 saturated heterocycles. The Morgan fingerprint density at radius 3 is 2.27 bits per heavy atom. The van der Waals surface area contributed by atoms with Crippen LogP contribution in [0.4, 0.5) is 0 Å². The molecule has 0 unspecified atom stereocenters. The lowest BCUT2D eigenvalue weighted by atomic mass is 10.1. The average Bonchev–Trinajstić information content (AvgIpc) is 3.40. The molecule has 1 aliphatic rings. The number of hydrogen-bond donors (Lipinski definition) is 1. The van der Waals surface area contributed by atoms with Gasteiger partial charge in [-0.2, -0.15) is 4.31 Å². The van der Waals surface area contributed by atoms with Gasteiger partial charge in [-0.3, -0.25) is 4.79 Å². The Bertz CT molecular complexity index is 1170. The summed E-state index contributed by atoms with van der Waals surface area (Å²) >= 11 is 0. The van der Waals surface area contributed by atoms with Crippen molar-refractivity contribution in [2.75, 3.05) is 19.7 Å². The summed E-state index contributed by atoms with van der Waals surface area (Å²) in [6, 6.07) is 24.5. The van der Waals surface area contributed by atoms with Gasteiger partial charge in [0.05, 0.1) is 17.9 Å². The summed E-state index contributed by atoms with van der Waals surface area (Å²) in [6.45, 7) is 1.77. The van der Waals surface area contributed by atoms with Crippen molar-refractivity contribution in [2.45, 2.75) is 30.7 Å². The first-order valence-corrected chi connectivity index (χ1v) is 12.6. The zero-order valence-electron chi connectivity index (χ0n) is 18.4. The van der Waals surface area contributed by atoms with Gasteiger partial charge in [-0.05, 0) is 42.2 Å². The molecule has 6 nitrogen and oxygen atoms in total. The molecule has 4 rings (SSSR count). The van der Waals surface area contributed by atoms with Gasteiger partial charge in [-0.1, -0.05) is 60.7 Å². The minimum Gasteiger partial charge on any atom is -0.492 e. The molecule has 172 valence electrons. The van der Waals surface area contributed by atoms with Gasteiger partial charge in [0.25, 0.3) is 0 Å². The van der Waals surface area contributed by atoms with Gasteiger partial charge >= 0.3 is 0 Å². The Balaban J connectivity index is 1.26. The predicted octanol–water partition coefficient (Wildman–Crippen LogP) is 4.22. The lowest BCUT2D eigenvalue weighted by molar-refractivity contribution is -0.121. The van der Waals surface area contributed by atoms with E-state index < -0.39 is 10.0 Å². The lowest BCUT2D eigenvalue weighted by Gasteiger charge is -2.15. The molecule has 0 saturated carbocycles. The highest BCUT2D eigenvalue weighted by molar-refractivity contribution is 7.89. The summed E-state index contributed by atoms with van der Waals surface area (Å²) in [5.74, 6) is 0.618. The molecule has 0 aromatic heterocycles. The summed E-state index contributed by atoms with van der Waals surface area (Å²) in [6.07, 6.45) is 2.04. The van der Waals surface area contributed by atoms with Crippen LogP contribution in [0.25, 0.3) is 11.1 Å². The highest BCUT2D eigenvalue weighted by Crippen LogP contribution is 2.29. The second-order valence-corrected chi connectivity index (χ2v) is 9.93. The highest BCUT2D eigenvalue weighted by Gasteiger charge is 2.26. The van der Waals surface area contributed by atoms with Gasteiger partial charge in [0.1, 0.15) is 5.75 Å². The number of sulfonamides is 1. The number of amides is 1. The quantitative estimate of drug-likeness (QED) is 0.514. The number of rotatable bonds is 9. The molecular weight excluding hydrogens is 436 g/mol. The second kappa shape index (κ2) is 10.6. The molecule has 0 aliphatic carbocycles. The van der Waals surface area contributed by atoms with Crippen LogP contribution in [0.1, 0.15) is 24.8 Å². The maximum Gasteiger partial charge on any atom is 0.243 e. The van der Waals surface area contributed by atoms with E-state index in [4.69, 9.17) is 4.74 Å². The van der Waals surface area contributed by atoms with Crippen LogP contribution >= 0.6 is 0 Å². The van der Waals surface area contributed by atoms with E-state index in [2.05, 4.69) is 5.32 Å². The molecule has 33 heavy (non-hydrogen) atoms. The van der Waals surface area contributed by atoms with Gasteiger partial charge in [0.2, 0.25) is 15.9 Å².